The molecule has 0 radical (unpaired) electrons. The van der Waals surface area contributed by atoms with Crippen molar-refractivity contribution in [1.29, 1.82) is 0 Å². The Balaban J connectivity index is 1.84. The molecule has 22 heavy (non-hydrogen) atoms. The first-order valence-corrected chi connectivity index (χ1v) is 7.19. The predicted octanol–water partition coefficient (Wildman–Crippen LogP) is 2.02. The Morgan fingerprint density at radius 3 is 2.86 bits per heavy atom. The van der Waals surface area contributed by atoms with Gasteiger partial charge in [-0.15, -0.1) is 0 Å². The third-order valence-corrected chi connectivity index (χ3v) is 2.69. The molecule has 0 aliphatic rings. The number of amides is 1. The van der Waals surface area contributed by atoms with E-state index in [4.69, 9.17) is 9.26 Å². The number of ether oxygens (including phenoxy) is 1. The average Bonchev–Trinajstić information content (AvgIpc) is 3.04. The van der Waals surface area contributed by atoms with E-state index in [2.05, 4.69) is 20.6 Å². The number of rotatable bonds is 5. The molecular weight excluding hydrogens is 286 g/mol. The van der Waals surface area contributed by atoms with Crippen LogP contribution in [0.1, 0.15) is 33.6 Å². The minimum atomic E-state index is -0.513. The van der Waals surface area contributed by atoms with Gasteiger partial charge >= 0.3 is 6.09 Å². The maximum atomic E-state index is 11.5. The quantitative estimate of drug-likeness (QED) is 0.908. The fourth-order valence-corrected chi connectivity index (χ4v) is 1.71. The third kappa shape index (κ3) is 4.57. The van der Waals surface area contributed by atoms with Gasteiger partial charge in [0.2, 0.25) is 11.7 Å². The number of carbonyl (C=O) groups is 1. The van der Waals surface area contributed by atoms with Crippen LogP contribution in [0.25, 0.3) is 11.4 Å². The second-order valence-corrected chi connectivity index (χ2v) is 5.78. The van der Waals surface area contributed by atoms with Crippen LogP contribution in [0.4, 0.5) is 4.79 Å². The van der Waals surface area contributed by atoms with E-state index in [1.165, 1.54) is 0 Å². The summed E-state index contributed by atoms with van der Waals surface area (Å²) >= 11 is 0. The Labute approximate surface area is 128 Å². The monoisotopic (exact) mass is 307 g/mol. The molecule has 0 aromatic carbocycles. The van der Waals surface area contributed by atoms with Gasteiger partial charge in [-0.1, -0.05) is 5.16 Å². The van der Waals surface area contributed by atoms with Crippen LogP contribution in [0.5, 0.6) is 0 Å². The van der Waals surface area contributed by atoms with Gasteiger partial charge in [0.1, 0.15) is 5.60 Å². The fourth-order valence-electron chi connectivity index (χ4n) is 1.71. The van der Waals surface area contributed by atoms with Gasteiger partial charge in [-0.3, -0.25) is 4.68 Å². The van der Waals surface area contributed by atoms with Crippen molar-refractivity contribution in [1.82, 2.24) is 25.2 Å². The summed E-state index contributed by atoms with van der Waals surface area (Å²) in [7, 11) is 0. The smallest absolute Gasteiger partial charge is 0.407 e. The molecule has 0 spiro atoms. The summed E-state index contributed by atoms with van der Waals surface area (Å²) in [5, 5.41) is 10.7. The second kappa shape index (κ2) is 6.59. The van der Waals surface area contributed by atoms with Gasteiger partial charge < -0.3 is 14.6 Å². The minimum Gasteiger partial charge on any atom is -0.444 e. The van der Waals surface area contributed by atoms with E-state index in [1.54, 1.807) is 10.9 Å². The lowest BCUT2D eigenvalue weighted by molar-refractivity contribution is 0.0527. The van der Waals surface area contributed by atoms with Gasteiger partial charge in [0.15, 0.2) is 0 Å². The van der Waals surface area contributed by atoms with Gasteiger partial charge in [-0.2, -0.15) is 10.1 Å². The molecule has 0 fully saturated rings. The van der Waals surface area contributed by atoms with Crippen molar-refractivity contribution in [3.8, 4) is 11.4 Å². The van der Waals surface area contributed by atoms with Crippen molar-refractivity contribution in [2.24, 2.45) is 0 Å². The van der Waals surface area contributed by atoms with Crippen molar-refractivity contribution in [3.63, 3.8) is 0 Å². The zero-order chi connectivity index (χ0) is 16.2. The Morgan fingerprint density at radius 2 is 2.23 bits per heavy atom. The Hall–Kier alpha value is -2.38. The van der Waals surface area contributed by atoms with Crippen LogP contribution in [-0.4, -0.2) is 38.2 Å². The average molecular weight is 307 g/mol. The summed E-state index contributed by atoms with van der Waals surface area (Å²) < 4.78 is 12.1. The molecular formula is C14H21N5O3. The first-order chi connectivity index (χ1) is 10.4. The number of alkyl carbamates (subject to hydrolysis) is 1. The van der Waals surface area contributed by atoms with E-state index in [1.807, 2.05) is 33.9 Å². The topological polar surface area (TPSA) is 95.1 Å². The largest absolute Gasteiger partial charge is 0.444 e. The number of nitrogens with zero attached hydrogens (tertiary/aromatic N) is 4. The molecule has 0 aliphatic heterocycles. The van der Waals surface area contributed by atoms with Crippen LogP contribution in [0.15, 0.2) is 16.9 Å². The Morgan fingerprint density at radius 1 is 1.45 bits per heavy atom. The summed E-state index contributed by atoms with van der Waals surface area (Å²) in [5.41, 5.74) is 0.290. The number of hydrogen-bond acceptors (Lipinski definition) is 6. The highest BCUT2D eigenvalue weighted by Gasteiger charge is 2.16. The molecule has 1 amide bonds. The summed E-state index contributed by atoms with van der Waals surface area (Å²) in [5.74, 6) is 0.947. The first kappa shape index (κ1) is 16.0. The lowest BCUT2D eigenvalue weighted by Gasteiger charge is -2.19. The maximum Gasteiger partial charge on any atom is 0.407 e. The standard InChI is InChI=1S/C14H21N5O3/c1-5-19-9-10(8-16-19)12-17-11(22-18-12)6-7-15-13(20)21-14(2,3)4/h8-9H,5-7H2,1-4H3,(H,15,20). The van der Waals surface area contributed by atoms with E-state index in [-0.39, 0.29) is 0 Å². The summed E-state index contributed by atoms with van der Waals surface area (Å²) in [6.45, 7) is 8.59. The molecule has 1 N–H and O–H groups in total. The van der Waals surface area contributed by atoms with Crippen LogP contribution in [-0.2, 0) is 17.7 Å². The Bertz CT molecular complexity index is 626. The molecule has 2 aromatic rings. The van der Waals surface area contributed by atoms with Crippen molar-refractivity contribution in [2.75, 3.05) is 6.54 Å². The maximum absolute atomic E-state index is 11.5. The molecule has 8 nitrogen and oxygen atoms in total. The molecule has 0 saturated carbocycles. The zero-order valence-electron chi connectivity index (χ0n) is 13.3. The highest BCUT2D eigenvalue weighted by Crippen LogP contribution is 2.14. The molecule has 2 aromatic heterocycles. The van der Waals surface area contributed by atoms with E-state index < -0.39 is 11.7 Å². The zero-order valence-corrected chi connectivity index (χ0v) is 13.3. The minimum absolute atomic E-state index is 0.366. The number of aromatic nitrogens is 4. The van der Waals surface area contributed by atoms with Gasteiger partial charge in [-0.25, -0.2) is 4.79 Å². The predicted molar refractivity (Wildman–Crippen MR) is 79.1 cm³/mol. The van der Waals surface area contributed by atoms with Crippen molar-refractivity contribution in [3.05, 3.63) is 18.3 Å². The normalized spacial score (nSPS) is 11.5. The molecule has 2 heterocycles. The first-order valence-electron chi connectivity index (χ1n) is 7.19. The van der Waals surface area contributed by atoms with Crippen LogP contribution >= 0.6 is 0 Å². The lowest BCUT2D eigenvalue weighted by Crippen LogP contribution is -2.33. The van der Waals surface area contributed by atoms with E-state index in [0.717, 1.165) is 12.1 Å². The van der Waals surface area contributed by atoms with Crippen molar-refractivity contribution >= 4 is 6.09 Å². The molecule has 0 unspecified atom stereocenters. The van der Waals surface area contributed by atoms with E-state index in [0.29, 0.717) is 24.7 Å². The van der Waals surface area contributed by atoms with E-state index >= 15 is 0 Å². The third-order valence-electron chi connectivity index (χ3n) is 2.69. The number of aryl methyl sites for hydroxylation is 1. The molecule has 0 aliphatic carbocycles. The molecule has 120 valence electrons. The molecule has 2 rings (SSSR count). The van der Waals surface area contributed by atoms with Crippen molar-refractivity contribution in [2.45, 2.75) is 46.3 Å². The van der Waals surface area contributed by atoms with Crippen LogP contribution in [0.3, 0.4) is 0 Å². The number of carbonyl (C=O) groups excluding carboxylic acids is 1. The fraction of sp³-hybridized carbons (Fsp3) is 0.571. The lowest BCUT2D eigenvalue weighted by atomic mass is 10.2. The van der Waals surface area contributed by atoms with Crippen LogP contribution in [0.2, 0.25) is 0 Å². The van der Waals surface area contributed by atoms with Gasteiger partial charge in [0.05, 0.1) is 11.8 Å². The number of hydrogen-bond donors (Lipinski definition) is 1. The molecule has 0 bridgehead atoms. The molecule has 0 saturated heterocycles. The molecule has 0 atom stereocenters. The summed E-state index contributed by atoms with van der Waals surface area (Å²) in [4.78, 5) is 15.8. The Kier molecular flexibility index (Phi) is 4.79. The van der Waals surface area contributed by atoms with Crippen molar-refractivity contribution < 1.29 is 14.1 Å². The van der Waals surface area contributed by atoms with Gasteiger partial charge in [0, 0.05) is 25.7 Å². The van der Waals surface area contributed by atoms with Gasteiger partial charge in [-0.05, 0) is 27.7 Å². The SMILES string of the molecule is CCn1cc(-c2noc(CCNC(=O)OC(C)(C)C)n2)cn1. The van der Waals surface area contributed by atoms with Crippen LogP contribution < -0.4 is 5.32 Å². The second-order valence-electron chi connectivity index (χ2n) is 5.78. The summed E-state index contributed by atoms with van der Waals surface area (Å²) in [6.07, 6.45) is 3.52. The van der Waals surface area contributed by atoms with E-state index in [9.17, 15) is 4.79 Å². The summed E-state index contributed by atoms with van der Waals surface area (Å²) in [6, 6.07) is 0. The number of nitrogens with one attached hydrogen (secondary N) is 1. The van der Waals surface area contributed by atoms with Gasteiger partial charge in [0.25, 0.3) is 0 Å². The molecule has 8 heteroatoms. The highest BCUT2D eigenvalue weighted by molar-refractivity contribution is 5.67. The highest BCUT2D eigenvalue weighted by atomic mass is 16.6. The van der Waals surface area contributed by atoms with Crippen LogP contribution in [0, 0.1) is 0 Å².